The molecular weight excluding hydrogens is 174 g/mol. The molecule has 4 N–H and O–H groups in total. The van der Waals surface area contributed by atoms with E-state index >= 15 is 0 Å². The van der Waals surface area contributed by atoms with Crippen LogP contribution in [0.1, 0.15) is 26.7 Å². The minimum Gasteiger partial charge on any atom is -0.375 e. The molecule has 0 aliphatic heterocycles. The van der Waals surface area contributed by atoms with Crippen molar-refractivity contribution in [2.45, 2.75) is 26.7 Å². The summed E-state index contributed by atoms with van der Waals surface area (Å²) < 4.78 is 0. The van der Waals surface area contributed by atoms with Crippen molar-refractivity contribution in [1.82, 2.24) is 10.9 Å². The largest absolute Gasteiger partial charge is 0.375 e. The first-order valence-corrected chi connectivity index (χ1v) is 4.31. The fourth-order valence-corrected chi connectivity index (χ4v) is 0.694. The van der Waals surface area contributed by atoms with Gasteiger partial charge in [-0.05, 0) is 18.1 Å². The van der Waals surface area contributed by atoms with E-state index in [-0.39, 0.29) is 11.0 Å². The van der Waals surface area contributed by atoms with Gasteiger partial charge in [0.25, 0.3) is 0 Å². The first kappa shape index (κ1) is 11.2. The Morgan fingerprint density at radius 1 is 1.58 bits per heavy atom. The average molecular weight is 189 g/mol. The van der Waals surface area contributed by atoms with E-state index in [1.807, 2.05) is 13.8 Å². The van der Waals surface area contributed by atoms with Crippen molar-refractivity contribution < 1.29 is 4.79 Å². The average Bonchev–Trinajstić information content (AvgIpc) is 2.00. The molecule has 70 valence electrons. The Hall–Kier alpha value is -0.840. The highest BCUT2D eigenvalue weighted by Gasteiger charge is 2.05. The van der Waals surface area contributed by atoms with Gasteiger partial charge in [0.15, 0.2) is 5.11 Å². The van der Waals surface area contributed by atoms with Gasteiger partial charge in [-0.2, -0.15) is 0 Å². The Morgan fingerprint density at radius 3 is 2.58 bits per heavy atom. The van der Waals surface area contributed by atoms with Crippen molar-refractivity contribution >= 4 is 23.2 Å². The van der Waals surface area contributed by atoms with Gasteiger partial charge in [-0.25, -0.2) is 0 Å². The molecule has 0 aromatic rings. The molecule has 4 nitrogen and oxygen atoms in total. The smallest absolute Gasteiger partial charge is 0.238 e. The van der Waals surface area contributed by atoms with Crippen molar-refractivity contribution in [3.8, 4) is 0 Å². The molecule has 0 bridgehead atoms. The van der Waals surface area contributed by atoms with Crippen molar-refractivity contribution in [1.29, 1.82) is 0 Å². The van der Waals surface area contributed by atoms with Crippen molar-refractivity contribution in [2.24, 2.45) is 11.7 Å². The second-order valence-corrected chi connectivity index (χ2v) is 3.19. The predicted molar refractivity (Wildman–Crippen MR) is 52.1 cm³/mol. The van der Waals surface area contributed by atoms with Crippen LogP contribution in [-0.4, -0.2) is 11.0 Å². The minimum atomic E-state index is -0.0860. The standard InChI is InChI=1S/C7H15N3OS/c1-3-5(2)4-6(11)9-10-7(8)12/h5H,3-4H2,1-2H3,(H,9,11)(H3,8,10,12). The zero-order valence-electron chi connectivity index (χ0n) is 7.39. The number of carbonyl (C=O) groups is 1. The molecule has 0 radical (unpaired) electrons. The molecule has 5 heteroatoms. The van der Waals surface area contributed by atoms with Crippen LogP contribution in [0.15, 0.2) is 0 Å². The molecule has 0 aliphatic rings. The van der Waals surface area contributed by atoms with Crippen LogP contribution in [0, 0.1) is 5.92 Å². The van der Waals surface area contributed by atoms with Crippen LogP contribution in [0.4, 0.5) is 0 Å². The first-order chi connectivity index (χ1) is 5.56. The topological polar surface area (TPSA) is 67.2 Å². The highest BCUT2D eigenvalue weighted by molar-refractivity contribution is 7.80. The van der Waals surface area contributed by atoms with Crippen molar-refractivity contribution in [3.05, 3.63) is 0 Å². The summed E-state index contributed by atoms with van der Waals surface area (Å²) >= 11 is 4.51. The molecule has 0 spiro atoms. The number of amides is 1. The third kappa shape index (κ3) is 5.91. The van der Waals surface area contributed by atoms with E-state index in [9.17, 15) is 4.79 Å². The Kier molecular flexibility index (Phi) is 5.36. The fourth-order valence-electron chi connectivity index (χ4n) is 0.643. The number of nitrogens with two attached hydrogens (primary N) is 1. The zero-order chi connectivity index (χ0) is 9.56. The molecule has 0 rings (SSSR count). The van der Waals surface area contributed by atoms with Gasteiger partial charge in [-0.1, -0.05) is 20.3 Å². The van der Waals surface area contributed by atoms with Crippen LogP contribution < -0.4 is 16.6 Å². The quantitative estimate of drug-likeness (QED) is 0.441. The van der Waals surface area contributed by atoms with E-state index in [0.29, 0.717) is 12.3 Å². The van der Waals surface area contributed by atoms with Gasteiger partial charge in [-0.3, -0.25) is 15.6 Å². The van der Waals surface area contributed by atoms with Crippen LogP contribution in [-0.2, 0) is 4.79 Å². The van der Waals surface area contributed by atoms with E-state index in [4.69, 9.17) is 5.73 Å². The van der Waals surface area contributed by atoms with Crippen LogP contribution in [0.5, 0.6) is 0 Å². The molecule has 0 aromatic heterocycles. The lowest BCUT2D eigenvalue weighted by Gasteiger charge is -2.09. The molecule has 0 saturated heterocycles. The number of nitrogens with one attached hydrogen (secondary N) is 2. The third-order valence-electron chi connectivity index (χ3n) is 1.56. The lowest BCUT2D eigenvalue weighted by atomic mass is 10.1. The number of hydrogen-bond acceptors (Lipinski definition) is 2. The highest BCUT2D eigenvalue weighted by Crippen LogP contribution is 2.04. The van der Waals surface area contributed by atoms with Gasteiger partial charge >= 0.3 is 0 Å². The molecule has 0 fully saturated rings. The normalized spacial score (nSPS) is 11.8. The molecule has 1 atom stereocenters. The maximum absolute atomic E-state index is 11.0. The van der Waals surface area contributed by atoms with Gasteiger partial charge in [0.1, 0.15) is 0 Å². The predicted octanol–water partition coefficient (Wildman–Crippen LogP) is 0.287. The molecule has 0 aliphatic carbocycles. The van der Waals surface area contributed by atoms with Crippen LogP contribution in [0.2, 0.25) is 0 Å². The molecule has 0 heterocycles. The number of rotatable bonds is 3. The molecule has 0 aromatic carbocycles. The Morgan fingerprint density at radius 2 is 2.17 bits per heavy atom. The molecule has 1 amide bonds. The van der Waals surface area contributed by atoms with E-state index in [1.54, 1.807) is 0 Å². The SMILES string of the molecule is CCC(C)CC(=O)NNC(N)=S. The van der Waals surface area contributed by atoms with E-state index in [1.165, 1.54) is 0 Å². The minimum absolute atomic E-state index is 0.0764. The Labute approximate surface area is 77.9 Å². The maximum Gasteiger partial charge on any atom is 0.238 e. The monoisotopic (exact) mass is 189 g/mol. The van der Waals surface area contributed by atoms with E-state index < -0.39 is 0 Å². The molecule has 0 saturated carbocycles. The Bertz CT molecular complexity index is 172. The molecule has 12 heavy (non-hydrogen) atoms. The number of hydrazine groups is 1. The number of hydrogen-bond donors (Lipinski definition) is 3. The fraction of sp³-hybridized carbons (Fsp3) is 0.714. The van der Waals surface area contributed by atoms with Gasteiger partial charge < -0.3 is 5.73 Å². The summed E-state index contributed by atoms with van der Waals surface area (Å²) in [6.45, 7) is 4.05. The van der Waals surface area contributed by atoms with Crippen LogP contribution in [0.25, 0.3) is 0 Å². The summed E-state index contributed by atoms with van der Waals surface area (Å²) in [4.78, 5) is 11.0. The summed E-state index contributed by atoms with van der Waals surface area (Å²) in [6.07, 6.45) is 1.48. The second kappa shape index (κ2) is 5.77. The summed E-state index contributed by atoms with van der Waals surface area (Å²) in [5, 5.41) is 0.0764. The van der Waals surface area contributed by atoms with Crippen molar-refractivity contribution in [2.75, 3.05) is 0 Å². The Balaban J connectivity index is 3.53. The third-order valence-corrected chi connectivity index (χ3v) is 1.66. The maximum atomic E-state index is 11.0. The lowest BCUT2D eigenvalue weighted by Crippen LogP contribution is -2.44. The molecular formula is C7H15N3OS. The van der Waals surface area contributed by atoms with Gasteiger partial charge in [0.2, 0.25) is 5.91 Å². The summed E-state index contributed by atoms with van der Waals surface area (Å²) in [5.41, 5.74) is 9.89. The summed E-state index contributed by atoms with van der Waals surface area (Å²) in [7, 11) is 0. The summed E-state index contributed by atoms with van der Waals surface area (Å²) in [5.74, 6) is 0.301. The van der Waals surface area contributed by atoms with Gasteiger partial charge in [0.05, 0.1) is 0 Å². The lowest BCUT2D eigenvalue weighted by molar-refractivity contribution is -0.122. The van der Waals surface area contributed by atoms with E-state index in [0.717, 1.165) is 6.42 Å². The van der Waals surface area contributed by atoms with Crippen LogP contribution in [0.3, 0.4) is 0 Å². The summed E-state index contributed by atoms with van der Waals surface area (Å²) in [6, 6.07) is 0. The van der Waals surface area contributed by atoms with Gasteiger partial charge in [-0.15, -0.1) is 0 Å². The second-order valence-electron chi connectivity index (χ2n) is 2.75. The number of thiocarbonyl (C=S) groups is 1. The molecule has 1 unspecified atom stereocenters. The van der Waals surface area contributed by atoms with Crippen molar-refractivity contribution in [3.63, 3.8) is 0 Å². The van der Waals surface area contributed by atoms with Gasteiger partial charge in [0, 0.05) is 6.42 Å². The van der Waals surface area contributed by atoms with E-state index in [2.05, 4.69) is 23.1 Å². The first-order valence-electron chi connectivity index (χ1n) is 3.90. The zero-order valence-corrected chi connectivity index (χ0v) is 8.20. The highest BCUT2D eigenvalue weighted by atomic mass is 32.1. The van der Waals surface area contributed by atoms with Crippen LogP contribution >= 0.6 is 12.2 Å². The number of carbonyl (C=O) groups excluding carboxylic acids is 1.